The highest BCUT2D eigenvalue weighted by atomic mass is 35.5. The highest BCUT2D eigenvalue weighted by molar-refractivity contribution is 6.32. The van der Waals surface area contributed by atoms with Crippen LogP contribution >= 0.6 is 11.6 Å². The standard InChI is InChI=1S/C21H11ClF3N7/c22-17-13(2-1-3-16(17)21(23,24)25)10-32-19-15(9-29-32)18(30-20(28)31-19)14-5-11(7-26)4-12(6-14)8-27/h1-6,9H,10H2,(H2,28,30,31). The lowest BCUT2D eigenvalue weighted by Crippen LogP contribution is -2.10. The SMILES string of the molecule is N#Cc1cc(C#N)cc(-c2nc(N)nc3c2cnn3Cc2cccc(C(F)(F)F)c2Cl)c1. The lowest BCUT2D eigenvalue weighted by Gasteiger charge is -2.13. The number of hydrogen-bond acceptors (Lipinski definition) is 6. The molecule has 7 nitrogen and oxygen atoms in total. The molecule has 158 valence electrons. The van der Waals surface area contributed by atoms with Crippen molar-refractivity contribution in [1.82, 2.24) is 19.7 Å². The Morgan fingerprint density at radius 2 is 1.75 bits per heavy atom. The smallest absolute Gasteiger partial charge is 0.368 e. The van der Waals surface area contributed by atoms with E-state index in [-0.39, 0.29) is 34.8 Å². The number of nitrogens with zero attached hydrogens (tertiary/aromatic N) is 6. The molecular weight excluding hydrogens is 443 g/mol. The van der Waals surface area contributed by atoms with Gasteiger partial charge in [-0.05, 0) is 29.8 Å². The number of fused-ring (bicyclic) bond motifs is 1. The van der Waals surface area contributed by atoms with Crippen LogP contribution in [0.15, 0.2) is 42.6 Å². The molecule has 11 heteroatoms. The number of alkyl halides is 3. The van der Waals surface area contributed by atoms with Crippen molar-refractivity contribution in [3.05, 3.63) is 69.9 Å². The summed E-state index contributed by atoms with van der Waals surface area (Å²) in [6.07, 6.45) is -3.15. The predicted octanol–water partition coefficient (Wildman–Crippen LogP) is 4.54. The van der Waals surface area contributed by atoms with E-state index in [4.69, 9.17) is 17.3 Å². The number of anilines is 1. The Bertz CT molecular complexity index is 1410. The molecule has 2 N–H and O–H groups in total. The second-order valence-corrected chi connectivity index (χ2v) is 7.15. The molecule has 0 spiro atoms. The quantitative estimate of drug-likeness (QED) is 0.486. The number of nitrogens with two attached hydrogens (primary N) is 1. The number of nitrogen functional groups attached to an aromatic ring is 1. The summed E-state index contributed by atoms with van der Waals surface area (Å²) in [6.45, 7) is -0.0934. The molecule has 4 rings (SSSR count). The molecule has 32 heavy (non-hydrogen) atoms. The maximum absolute atomic E-state index is 13.2. The fraction of sp³-hybridized carbons (Fsp3) is 0.0952. The molecule has 0 saturated carbocycles. The monoisotopic (exact) mass is 453 g/mol. The lowest BCUT2D eigenvalue weighted by atomic mass is 10.0. The number of halogens is 4. The Labute approximate surface area is 184 Å². The van der Waals surface area contributed by atoms with Gasteiger partial charge in [-0.25, -0.2) is 9.67 Å². The Balaban J connectivity index is 1.85. The van der Waals surface area contributed by atoms with Gasteiger partial charge >= 0.3 is 6.18 Å². The third kappa shape index (κ3) is 3.80. The molecule has 2 aromatic carbocycles. The van der Waals surface area contributed by atoms with Crippen LogP contribution in [0.4, 0.5) is 19.1 Å². The zero-order valence-corrected chi connectivity index (χ0v) is 16.8. The Morgan fingerprint density at radius 1 is 1.06 bits per heavy atom. The third-order valence-corrected chi connectivity index (χ3v) is 5.13. The van der Waals surface area contributed by atoms with Crippen molar-refractivity contribution in [2.45, 2.75) is 12.7 Å². The summed E-state index contributed by atoms with van der Waals surface area (Å²) in [6, 6.07) is 12.1. The van der Waals surface area contributed by atoms with Gasteiger partial charge in [0.05, 0.1) is 57.7 Å². The van der Waals surface area contributed by atoms with Crippen LogP contribution in [0.2, 0.25) is 5.02 Å². The van der Waals surface area contributed by atoms with Crippen molar-refractivity contribution in [2.24, 2.45) is 0 Å². The van der Waals surface area contributed by atoms with Gasteiger partial charge in [0, 0.05) is 5.56 Å². The van der Waals surface area contributed by atoms with Gasteiger partial charge in [-0.15, -0.1) is 0 Å². The first-order valence-electron chi connectivity index (χ1n) is 9.00. The maximum Gasteiger partial charge on any atom is 0.417 e. The second kappa shape index (κ2) is 7.84. The number of hydrogen-bond donors (Lipinski definition) is 1. The molecule has 0 fully saturated rings. The van der Waals surface area contributed by atoms with Crippen LogP contribution in [0, 0.1) is 22.7 Å². The van der Waals surface area contributed by atoms with Crippen molar-refractivity contribution in [3.63, 3.8) is 0 Å². The first-order chi connectivity index (χ1) is 15.2. The largest absolute Gasteiger partial charge is 0.417 e. The number of benzene rings is 2. The van der Waals surface area contributed by atoms with Gasteiger partial charge in [0.1, 0.15) is 0 Å². The van der Waals surface area contributed by atoms with Crippen molar-refractivity contribution >= 4 is 28.6 Å². The van der Waals surface area contributed by atoms with E-state index in [2.05, 4.69) is 15.1 Å². The predicted molar refractivity (Wildman–Crippen MR) is 110 cm³/mol. The van der Waals surface area contributed by atoms with Crippen LogP contribution < -0.4 is 5.73 Å². The van der Waals surface area contributed by atoms with E-state index in [9.17, 15) is 23.7 Å². The van der Waals surface area contributed by atoms with E-state index in [0.717, 1.165) is 6.07 Å². The van der Waals surface area contributed by atoms with Crippen LogP contribution in [0.5, 0.6) is 0 Å². The van der Waals surface area contributed by atoms with Crippen molar-refractivity contribution in [3.8, 4) is 23.4 Å². The number of rotatable bonds is 3. The van der Waals surface area contributed by atoms with Gasteiger partial charge in [0.25, 0.3) is 0 Å². The van der Waals surface area contributed by atoms with Gasteiger partial charge in [0.2, 0.25) is 5.95 Å². The summed E-state index contributed by atoms with van der Waals surface area (Å²) < 4.78 is 40.9. The van der Waals surface area contributed by atoms with Crippen molar-refractivity contribution < 1.29 is 13.2 Å². The van der Waals surface area contributed by atoms with Gasteiger partial charge in [-0.1, -0.05) is 23.7 Å². The van der Waals surface area contributed by atoms with Gasteiger partial charge in [-0.3, -0.25) is 0 Å². The molecule has 0 aliphatic rings. The highest BCUT2D eigenvalue weighted by Gasteiger charge is 2.33. The first kappa shape index (κ1) is 21.1. The zero-order chi connectivity index (χ0) is 23.0. The van der Waals surface area contributed by atoms with E-state index in [0.29, 0.717) is 16.6 Å². The van der Waals surface area contributed by atoms with E-state index in [1.54, 1.807) is 12.1 Å². The van der Waals surface area contributed by atoms with Crippen molar-refractivity contribution in [1.29, 1.82) is 10.5 Å². The van der Waals surface area contributed by atoms with E-state index < -0.39 is 16.8 Å². The Morgan fingerprint density at radius 3 is 2.38 bits per heavy atom. The fourth-order valence-electron chi connectivity index (χ4n) is 3.28. The molecule has 2 aromatic heterocycles. The minimum Gasteiger partial charge on any atom is -0.368 e. The van der Waals surface area contributed by atoms with Gasteiger partial charge in [-0.2, -0.15) is 33.8 Å². The Kier molecular flexibility index (Phi) is 5.17. The average Bonchev–Trinajstić information content (AvgIpc) is 3.15. The summed E-state index contributed by atoms with van der Waals surface area (Å²) >= 11 is 6.01. The first-order valence-corrected chi connectivity index (χ1v) is 9.38. The fourth-order valence-corrected chi connectivity index (χ4v) is 3.58. The van der Waals surface area contributed by atoms with E-state index in [1.165, 1.54) is 29.1 Å². The summed E-state index contributed by atoms with van der Waals surface area (Å²) in [5.74, 6) is -0.106. The van der Waals surface area contributed by atoms with E-state index in [1.807, 2.05) is 12.1 Å². The van der Waals surface area contributed by atoms with Crippen LogP contribution in [-0.4, -0.2) is 19.7 Å². The maximum atomic E-state index is 13.2. The molecule has 0 saturated heterocycles. The summed E-state index contributed by atoms with van der Waals surface area (Å²) in [7, 11) is 0. The molecule has 0 atom stereocenters. The summed E-state index contributed by atoms with van der Waals surface area (Å²) in [5.41, 5.74) is 6.69. The Hall–Kier alpha value is -4.15. The molecule has 2 heterocycles. The van der Waals surface area contributed by atoms with E-state index >= 15 is 0 Å². The number of aromatic nitrogens is 4. The van der Waals surface area contributed by atoms with Crippen LogP contribution in [0.1, 0.15) is 22.3 Å². The molecule has 0 amide bonds. The average molecular weight is 454 g/mol. The zero-order valence-electron chi connectivity index (χ0n) is 16.0. The molecule has 0 bridgehead atoms. The minimum atomic E-state index is -4.59. The molecule has 0 radical (unpaired) electrons. The summed E-state index contributed by atoms with van der Waals surface area (Å²) in [4.78, 5) is 8.40. The van der Waals surface area contributed by atoms with Crippen molar-refractivity contribution in [2.75, 3.05) is 5.73 Å². The molecule has 0 unspecified atom stereocenters. The molecule has 4 aromatic rings. The van der Waals surface area contributed by atoms with Crippen LogP contribution in [0.3, 0.4) is 0 Å². The second-order valence-electron chi connectivity index (χ2n) is 6.77. The normalized spacial score (nSPS) is 11.3. The topological polar surface area (TPSA) is 117 Å². The lowest BCUT2D eigenvalue weighted by molar-refractivity contribution is -0.137. The molecular formula is C21H11ClF3N7. The summed E-state index contributed by atoms with van der Waals surface area (Å²) in [5, 5.41) is 22.7. The number of nitriles is 2. The van der Waals surface area contributed by atoms with Crippen LogP contribution in [-0.2, 0) is 12.7 Å². The van der Waals surface area contributed by atoms with Gasteiger partial charge < -0.3 is 5.73 Å². The highest BCUT2D eigenvalue weighted by Crippen LogP contribution is 2.37. The molecule has 0 aliphatic carbocycles. The molecule has 0 aliphatic heterocycles. The minimum absolute atomic E-state index is 0.0934. The van der Waals surface area contributed by atoms with Crippen LogP contribution in [0.25, 0.3) is 22.3 Å². The van der Waals surface area contributed by atoms with Gasteiger partial charge in [0.15, 0.2) is 5.65 Å². The third-order valence-electron chi connectivity index (χ3n) is 4.68.